The standard InChI is InChI=1S/C13H21FO4/c1-3-18-11(17)13(7-4-5-8-13)12(2,14)9-6-10(15)16/h3-9H2,1-2H3,(H,15,16). The summed E-state index contributed by atoms with van der Waals surface area (Å²) in [5.41, 5.74) is -2.98. The summed E-state index contributed by atoms with van der Waals surface area (Å²) in [6, 6.07) is 0. The maximum absolute atomic E-state index is 14.8. The molecular formula is C13H21FO4. The van der Waals surface area contributed by atoms with Crippen LogP contribution in [0.3, 0.4) is 0 Å². The van der Waals surface area contributed by atoms with E-state index < -0.39 is 23.0 Å². The topological polar surface area (TPSA) is 63.6 Å². The lowest BCUT2D eigenvalue weighted by atomic mass is 9.70. The van der Waals surface area contributed by atoms with E-state index in [2.05, 4.69) is 0 Å². The molecule has 0 saturated heterocycles. The lowest BCUT2D eigenvalue weighted by Crippen LogP contribution is -2.47. The second-order valence-electron chi connectivity index (χ2n) is 5.10. The van der Waals surface area contributed by atoms with Crippen LogP contribution in [0.1, 0.15) is 52.4 Å². The number of alkyl halides is 1. The molecule has 104 valence electrons. The van der Waals surface area contributed by atoms with Gasteiger partial charge in [0.05, 0.1) is 6.61 Å². The zero-order chi connectivity index (χ0) is 13.8. The van der Waals surface area contributed by atoms with E-state index in [1.54, 1.807) is 6.92 Å². The quantitative estimate of drug-likeness (QED) is 0.746. The number of rotatable bonds is 6. The molecule has 1 N–H and O–H groups in total. The molecule has 0 spiro atoms. The number of halogens is 1. The summed E-state index contributed by atoms with van der Waals surface area (Å²) in [6.07, 6.45) is 2.03. The smallest absolute Gasteiger partial charge is 0.315 e. The van der Waals surface area contributed by atoms with Gasteiger partial charge < -0.3 is 9.84 Å². The summed E-state index contributed by atoms with van der Waals surface area (Å²) in [4.78, 5) is 22.6. The van der Waals surface area contributed by atoms with E-state index in [0.717, 1.165) is 12.8 Å². The minimum atomic E-state index is -1.83. The van der Waals surface area contributed by atoms with E-state index >= 15 is 0 Å². The van der Waals surface area contributed by atoms with E-state index in [0.29, 0.717) is 12.8 Å². The summed E-state index contributed by atoms with van der Waals surface area (Å²) in [5, 5.41) is 8.66. The first-order valence-corrected chi connectivity index (χ1v) is 6.43. The highest BCUT2D eigenvalue weighted by Gasteiger charge is 2.56. The third kappa shape index (κ3) is 2.82. The molecule has 1 aliphatic carbocycles. The predicted molar refractivity (Wildman–Crippen MR) is 63.9 cm³/mol. The zero-order valence-corrected chi connectivity index (χ0v) is 11.0. The molecule has 0 aromatic heterocycles. The number of carbonyl (C=O) groups excluding carboxylic acids is 1. The van der Waals surface area contributed by atoms with E-state index in [1.165, 1.54) is 6.92 Å². The minimum absolute atomic E-state index is 0.152. The molecule has 0 aliphatic heterocycles. The highest BCUT2D eigenvalue weighted by Crippen LogP contribution is 2.51. The summed E-state index contributed by atoms with van der Waals surface area (Å²) in [7, 11) is 0. The van der Waals surface area contributed by atoms with Crippen LogP contribution >= 0.6 is 0 Å². The van der Waals surface area contributed by atoms with Crippen molar-refractivity contribution in [3.8, 4) is 0 Å². The Morgan fingerprint density at radius 1 is 1.39 bits per heavy atom. The van der Waals surface area contributed by atoms with Crippen molar-refractivity contribution in [2.75, 3.05) is 6.61 Å². The number of carboxylic acid groups (broad SMARTS) is 1. The molecule has 5 heteroatoms. The molecule has 1 unspecified atom stereocenters. The largest absolute Gasteiger partial charge is 0.481 e. The third-order valence-corrected chi connectivity index (χ3v) is 3.93. The van der Waals surface area contributed by atoms with Gasteiger partial charge in [0.1, 0.15) is 11.1 Å². The molecule has 0 aromatic rings. The predicted octanol–water partition coefficient (Wildman–Crippen LogP) is 2.70. The van der Waals surface area contributed by atoms with Crippen molar-refractivity contribution in [1.29, 1.82) is 0 Å². The number of hydrogen-bond acceptors (Lipinski definition) is 3. The molecule has 18 heavy (non-hydrogen) atoms. The maximum atomic E-state index is 14.8. The van der Waals surface area contributed by atoms with E-state index in [4.69, 9.17) is 9.84 Å². The third-order valence-electron chi connectivity index (χ3n) is 3.93. The SMILES string of the molecule is CCOC(=O)C1(C(C)(F)CCC(=O)O)CCCC1. The monoisotopic (exact) mass is 260 g/mol. The van der Waals surface area contributed by atoms with Crippen LogP contribution in [0.2, 0.25) is 0 Å². The Morgan fingerprint density at radius 2 is 1.94 bits per heavy atom. The van der Waals surface area contributed by atoms with Crippen molar-refractivity contribution in [3.63, 3.8) is 0 Å². The van der Waals surface area contributed by atoms with Gasteiger partial charge in [0.2, 0.25) is 0 Å². The fraction of sp³-hybridized carbons (Fsp3) is 0.846. The summed E-state index contributed by atoms with van der Waals surface area (Å²) >= 11 is 0. The average Bonchev–Trinajstić information content (AvgIpc) is 2.77. The van der Waals surface area contributed by atoms with Crippen LogP contribution < -0.4 is 0 Å². The molecule has 0 amide bonds. The summed E-state index contributed by atoms with van der Waals surface area (Å²) in [5.74, 6) is -1.56. The molecule has 1 aliphatic rings. The average molecular weight is 260 g/mol. The van der Waals surface area contributed by atoms with Crippen LogP contribution in [0.5, 0.6) is 0 Å². The molecule has 1 fully saturated rings. The van der Waals surface area contributed by atoms with Gasteiger partial charge in [0.15, 0.2) is 0 Å². The molecule has 1 atom stereocenters. The molecule has 0 heterocycles. The molecule has 0 radical (unpaired) electrons. The first-order valence-electron chi connectivity index (χ1n) is 6.43. The number of hydrogen-bond donors (Lipinski definition) is 1. The summed E-state index contributed by atoms with van der Waals surface area (Å²) < 4.78 is 19.8. The van der Waals surface area contributed by atoms with Crippen molar-refractivity contribution >= 4 is 11.9 Å². The second kappa shape index (κ2) is 5.67. The van der Waals surface area contributed by atoms with Gasteiger partial charge >= 0.3 is 11.9 Å². The number of aliphatic carboxylic acids is 1. The Morgan fingerprint density at radius 3 is 2.39 bits per heavy atom. The second-order valence-corrected chi connectivity index (χ2v) is 5.10. The van der Waals surface area contributed by atoms with E-state index in [1.807, 2.05) is 0 Å². The molecule has 0 bridgehead atoms. The van der Waals surface area contributed by atoms with E-state index in [9.17, 15) is 14.0 Å². The van der Waals surface area contributed by atoms with Gasteiger partial charge in [0, 0.05) is 6.42 Å². The van der Waals surface area contributed by atoms with Crippen LogP contribution in [0.4, 0.5) is 4.39 Å². The Labute approximate surface area is 107 Å². The van der Waals surface area contributed by atoms with Crippen molar-refractivity contribution in [2.45, 2.75) is 58.0 Å². The number of carbonyl (C=O) groups is 2. The maximum Gasteiger partial charge on any atom is 0.315 e. The Kier molecular flexibility index (Phi) is 4.71. The molecule has 0 aromatic carbocycles. The lowest BCUT2D eigenvalue weighted by molar-refractivity contribution is -0.167. The molecule has 1 rings (SSSR count). The van der Waals surface area contributed by atoms with Crippen LogP contribution in [0.25, 0.3) is 0 Å². The van der Waals surface area contributed by atoms with Crippen molar-refractivity contribution in [1.82, 2.24) is 0 Å². The van der Waals surface area contributed by atoms with Crippen LogP contribution in [-0.2, 0) is 14.3 Å². The van der Waals surface area contributed by atoms with E-state index in [-0.39, 0.29) is 19.4 Å². The van der Waals surface area contributed by atoms with Gasteiger partial charge in [-0.25, -0.2) is 4.39 Å². The van der Waals surface area contributed by atoms with Crippen molar-refractivity contribution in [3.05, 3.63) is 0 Å². The first-order chi connectivity index (χ1) is 8.35. The number of ether oxygens (including phenoxy) is 1. The van der Waals surface area contributed by atoms with Gasteiger partial charge in [-0.3, -0.25) is 9.59 Å². The van der Waals surface area contributed by atoms with Crippen LogP contribution in [0.15, 0.2) is 0 Å². The lowest BCUT2D eigenvalue weighted by Gasteiger charge is -2.38. The number of esters is 1. The van der Waals surface area contributed by atoms with Gasteiger partial charge in [-0.1, -0.05) is 12.8 Å². The van der Waals surface area contributed by atoms with Gasteiger partial charge in [0.25, 0.3) is 0 Å². The Hall–Kier alpha value is -1.13. The highest BCUT2D eigenvalue weighted by atomic mass is 19.1. The fourth-order valence-electron chi connectivity index (χ4n) is 2.77. The minimum Gasteiger partial charge on any atom is -0.481 e. The van der Waals surface area contributed by atoms with Gasteiger partial charge in [-0.05, 0) is 33.1 Å². The fourth-order valence-corrected chi connectivity index (χ4v) is 2.77. The van der Waals surface area contributed by atoms with Gasteiger partial charge in [-0.15, -0.1) is 0 Å². The molecule has 1 saturated carbocycles. The zero-order valence-electron chi connectivity index (χ0n) is 11.0. The van der Waals surface area contributed by atoms with Gasteiger partial charge in [-0.2, -0.15) is 0 Å². The molecular weight excluding hydrogens is 239 g/mol. The van der Waals surface area contributed by atoms with Crippen molar-refractivity contribution in [2.24, 2.45) is 5.41 Å². The van der Waals surface area contributed by atoms with Crippen molar-refractivity contribution < 1.29 is 23.8 Å². The van der Waals surface area contributed by atoms with Crippen LogP contribution in [-0.4, -0.2) is 29.3 Å². The first kappa shape index (κ1) is 14.9. The number of carboxylic acids is 1. The summed E-state index contributed by atoms with van der Waals surface area (Å²) in [6.45, 7) is 3.24. The normalized spacial score (nSPS) is 21.3. The Balaban J connectivity index is 2.88. The van der Waals surface area contributed by atoms with Crippen LogP contribution in [0, 0.1) is 5.41 Å². The Bertz CT molecular complexity index is 319. The molecule has 4 nitrogen and oxygen atoms in total. The highest BCUT2D eigenvalue weighted by molar-refractivity contribution is 5.79.